The lowest BCUT2D eigenvalue weighted by Gasteiger charge is -2.36. The van der Waals surface area contributed by atoms with Crippen LogP contribution in [0.3, 0.4) is 0 Å². The van der Waals surface area contributed by atoms with E-state index in [2.05, 4.69) is 24.3 Å². The molecule has 0 radical (unpaired) electrons. The molecule has 3 heteroatoms. The van der Waals surface area contributed by atoms with E-state index < -0.39 is 0 Å². The Morgan fingerprint density at radius 2 is 1.52 bits per heavy atom. The Kier molecular flexibility index (Phi) is 4.56. The van der Waals surface area contributed by atoms with Crippen LogP contribution in [0, 0.1) is 5.92 Å². The van der Waals surface area contributed by atoms with Gasteiger partial charge in [-0.05, 0) is 11.1 Å². The third kappa shape index (κ3) is 3.34. The van der Waals surface area contributed by atoms with E-state index in [1.807, 2.05) is 36.4 Å². The van der Waals surface area contributed by atoms with Crippen LogP contribution in [0.1, 0.15) is 30.4 Å². The van der Waals surface area contributed by atoms with Gasteiger partial charge < -0.3 is 4.90 Å². The summed E-state index contributed by atoms with van der Waals surface area (Å²) in [4.78, 5) is 26.2. The van der Waals surface area contributed by atoms with Gasteiger partial charge >= 0.3 is 0 Å². The molecule has 0 N–H and O–H groups in total. The number of ketones is 1. The van der Waals surface area contributed by atoms with E-state index in [1.165, 1.54) is 0 Å². The van der Waals surface area contributed by atoms with Crippen LogP contribution >= 0.6 is 0 Å². The molecule has 1 fully saturated rings. The maximum atomic E-state index is 12.6. The largest absolute Gasteiger partial charge is 0.342 e. The minimum atomic E-state index is -0.183. The fourth-order valence-corrected chi connectivity index (χ4v) is 3.42. The van der Waals surface area contributed by atoms with Gasteiger partial charge in [-0.2, -0.15) is 0 Å². The Bertz CT molecular complexity index is 642. The molecule has 1 atom stereocenters. The molecule has 0 aliphatic carbocycles. The molecular weight excluding hydrogens is 286 g/mol. The van der Waals surface area contributed by atoms with Gasteiger partial charge in [0, 0.05) is 38.3 Å². The van der Waals surface area contributed by atoms with Crippen molar-refractivity contribution in [2.24, 2.45) is 5.92 Å². The molecule has 0 saturated carbocycles. The summed E-state index contributed by atoms with van der Waals surface area (Å²) in [6, 6.07) is 20.2. The number of carbonyl (C=O) groups is 2. The molecule has 2 aromatic carbocycles. The van der Waals surface area contributed by atoms with Gasteiger partial charge in [0.1, 0.15) is 5.78 Å². The molecule has 1 amide bonds. The number of rotatable bonds is 3. The Hall–Kier alpha value is -2.42. The minimum Gasteiger partial charge on any atom is -0.342 e. The number of hydrogen-bond donors (Lipinski definition) is 0. The van der Waals surface area contributed by atoms with Crippen LogP contribution in [0.25, 0.3) is 0 Å². The zero-order valence-corrected chi connectivity index (χ0v) is 13.3. The van der Waals surface area contributed by atoms with E-state index in [4.69, 9.17) is 0 Å². The standard InChI is InChI=1S/C20H21NO2/c1-15(22)21-13-12-19(23)18(14-21)20(16-8-4-2-5-9-16)17-10-6-3-7-11-17/h2-11,18,20H,12-14H2,1H3/t18-/m0/s1. The molecule has 1 aliphatic heterocycles. The summed E-state index contributed by atoms with van der Waals surface area (Å²) in [7, 11) is 0. The molecule has 118 valence electrons. The van der Waals surface area contributed by atoms with E-state index in [1.54, 1.807) is 11.8 Å². The molecule has 3 rings (SSSR count). The van der Waals surface area contributed by atoms with Crippen LogP contribution in [0.15, 0.2) is 60.7 Å². The Morgan fingerprint density at radius 3 is 2.00 bits per heavy atom. The van der Waals surface area contributed by atoms with Crippen LogP contribution in [0.5, 0.6) is 0 Å². The fourth-order valence-electron chi connectivity index (χ4n) is 3.42. The summed E-state index contributed by atoms with van der Waals surface area (Å²) in [5.74, 6) is 0.104. The molecule has 1 saturated heterocycles. The summed E-state index contributed by atoms with van der Waals surface area (Å²) in [5, 5.41) is 0. The van der Waals surface area contributed by atoms with Crippen molar-refractivity contribution in [1.29, 1.82) is 0 Å². The van der Waals surface area contributed by atoms with Gasteiger partial charge in [0.05, 0.1) is 0 Å². The summed E-state index contributed by atoms with van der Waals surface area (Å²) in [6.45, 7) is 2.62. The van der Waals surface area contributed by atoms with Crippen LogP contribution in [-0.4, -0.2) is 29.7 Å². The predicted molar refractivity (Wildman–Crippen MR) is 90.1 cm³/mol. The molecule has 0 bridgehead atoms. The lowest BCUT2D eigenvalue weighted by atomic mass is 9.76. The summed E-state index contributed by atoms with van der Waals surface area (Å²) < 4.78 is 0. The zero-order valence-electron chi connectivity index (χ0n) is 13.3. The van der Waals surface area contributed by atoms with Gasteiger partial charge in [0.25, 0.3) is 0 Å². The molecule has 3 nitrogen and oxygen atoms in total. The maximum Gasteiger partial charge on any atom is 0.219 e. The van der Waals surface area contributed by atoms with Crippen molar-refractivity contribution in [1.82, 2.24) is 4.90 Å². The number of benzene rings is 2. The first-order chi connectivity index (χ1) is 11.2. The minimum absolute atomic E-state index is 0.00736. The van der Waals surface area contributed by atoms with Crippen molar-refractivity contribution >= 4 is 11.7 Å². The topological polar surface area (TPSA) is 37.4 Å². The molecule has 0 aromatic heterocycles. The Morgan fingerprint density at radius 1 is 1.00 bits per heavy atom. The normalized spacial score (nSPS) is 18.3. The highest BCUT2D eigenvalue weighted by Gasteiger charge is 2.35. The number of nitrogens with zero attached hydrogens (tertiary/aromatic N) is 1. The molecule has 0 spiro atoms. The van der Waals surface area contributed by atoms with Gasteiger partial charge in [-0.25, -0.2) is 0 Å². The second kappa shape index (κ2) is 6.78. The van der Waals surface area contributed by atoms with Crippen LogP contribution in [0.4, 0.5) is 0 Å². The van der Waals surface area contributed by atoms with Crippen molar-refractivity contribution in [2.75, 3.05) is 13.1 Å². The van der Waals surface area contributed by atoms with Gasteiger partial charge in [-0.3, -0.25) is 9.59 Å². The molecule has 1 aliphatic rings. The molecular formula is C20H21NO2. The van der Waals surface area contributed by atoms with E-state index in [0.717, 1.165) is 11.1 Å². The number of Topliss-reactive ketones (excluding diaryl/α,β-unsaturated/α-hetero) is 1. The molecule has 1 heterocycles. The maximum absolute atomic E-state index is 12.6. The van der Waals surface area contributed by atoms with Crippen LogP contribution in [-0.2, 0) is 9.59 Å². The predicted octanol–water partition coefficient (Wildman–Crippen LogP) is 3.26. The number of amides is 1. The molecule has 2 aromatic rings. The van der Waals surface area contributed by atoms with Crippen LogP contribution in [0.2, 0.25) is 0 Å². The van der Waals surface area contributed by atoms with Gasteiger partial charge in [-0.1, -0.05) is 60.7 Å². The molecule has 23 heavy (non-hydrogen) atoms. The van der Waals surface area contributed by atoms with Crippen molar-refractivity contribution in [3.05, 3.63) is 71.8 Å². The second-order valence-electron chi connectivity index (χ2n) is 6.09. The SMILES string of the molecule is CC(=O)N1CCC(=O)[C@@H](C(c2ccccc2)c2ccccc2)C1. The average molecular weight is 307 g/mol. The lowest BCUT2D eigenvalue weighted by molar-refractivity contribution is -0.135. The number of likely N-dealkylation sites (tertiary alicyclic amines) is 1. The highest BCUT2D eigenvalue weighted by atomic mass is 16.2. The monoisotopic (exact) mass is 307 g/mol. The van der Waals surface area contributed by atoms with Crippen molar-refractivity contribution in [2.45, 2.75) is 19.3 Å². The molecule has 0 unspecified atom stereocenters. The first-order valence-electron chi connectivity index (χ1n) is 8.05. The Labute approximate surface area is 136 Å². The van der Waals surface area contributed by atoms with Crippen LogP contribution < -0.4 is 0 Å². The third-order valence-corrected chi connectivity index (χ3v) is 4.62. The summed E-state index contributed by atoms with van der Waals surface area (Å²) in [5.41, 5.74) is 2.25. The van der Waals surface area contributed by atoms with E-state index in [-0.39, 0.29) is 23.5 Å². The van der Waals surface area contributed by atoms with Crippen molar-refractivity contribution in [3.63, 3.8) is 0 Å². The van der Waals surface area contributed by atoms with Crippen molar-refractivity contribution < 1.29 is 9.59 Å². The third-order valence-electron chi connectivity index (χ3n) is 4.62. The second-order valence-corrected chi connectivity index (χ2v) is 6.09. The zero-order chi connectivity index (χ0) is 16.2. The van der Waals surface area contributed by atoms with Gasteiger partial charge in [0.2, 0.25) is 5.91 Å². The average Bonchev–Trinajstić information content (AvgIpc) is 2.58. The Balaban J connectivity index is 2.01. The first kappa shape index (κ1) is 15.5. The highest BCUT2D eigenvalue weighted by molar-refractivity contribution is 5.86. The smallest absolute Gasteiger partial charge is 0.219 e. The highest BCUT2D eigenvalue weighted by Crippen LogP contribution is 2.35. The summed E-state index contributed by atoms with van der Waals surface area (Å²) >= 11 is 0. The number of carbonyl (C=O) groups excluding carboxylic acids is 2. The van der Waals surface area contributed by atoms with E-state index >= 15 is 0 Å². The van der Waals surface area contributed by atoms with Gasteiger partial charge in [-0.15, -0.1) is 0 Å². The number of piperidine rings is 1. The van der Waals surface area contributed by atoms with E-state index in [9.17, 15) is 9.59 Å². The lowest BCUT2D eigenvalue weighted by Crippen LogP contribution is -2.45. The fraction of sp³-hybridized carbons (Fsp3) is 0.300. The van der Waals surface area contributed by atoms with E-state index in [0.29, 0.717) is 19.5 Å². The van der Waals surface area contributed by atoms with Crippen molar-refractivity contribution in [3.8, 4) is 0 Å². The number of hydrogen-bond acceptors (Lipinski definition) is 2. The summed E-state index contributed by atoms with van der Waals surface area (Å²) in [6.07, 6.45) is 0.445. The first-order valence-corrected chi connectivity index (χ1v) is 8.05. The van der Waals surface area contributed by atoms with Gasteiger partial charge in [0.15, 0.2) is 0 Å². The quantitative estimate of drug-likeness (QED) is 0.873.